The summed E-state index contributed by atoms with van der Waals surface area (Å²) in [6.45, 7) is 0. The molecule has 16 heavy (non-hydrogen) atoms. The highest BCUT2D eigenvalue weighted by Gasteiger charge is 2.00. The van der Waals surface area contributed by atoms with Crippen LogP contribution in [0.1, 0.15) is 11.6 Å². The maximum absolute atomic E-state index is 5.55. The van der Waals surface area contributed by atoms with Gasteiger partial charge in [0.25, 0.3) is 0 Å². The molecule has 0 unspecified atom stereocenters. The van der Waals surface area contributed by atoms with Gasteiger partial charge in [-0.15, -0.1) is 0 Å². The summed E-state index contributed by atoms with van der Waals surface area (Å²) < 4.78 is 5.15. The first-order valence-corrected chi connectivity index (χ1v) is 5.77. The number of nitrogens with zero attached hydrogens (tertiary/aromatic N) is 3. The summed E-state index contributed by atoms with van der Waals surface area (Å²) in [4.78, 5) is 12.1. The van der Waals surface area contributed by atoms with Crippen LogP contribution in [-0.2, 0) is 0 Å². The van der Waals surface area contributed by atoms with E-state index < -0.39 is 0 Å². The number of rotatable bonds is 3. The predicted octanol–water partition coefficient (Wildman–Crippen LogP) is 1.94. The first-order chi connectivity index (χ1) is 7.78. The molecule has 5 nitrogen and oxygen atoms in total. The van der Waals surface area contributed by atoms with Crippen molar-refractivity contribution in [3.8, 4) is 0 Å². The molecule has 82 valence electrons. The Morgan fingerprint density at radius 3 is 2.88 bits per heavy atom. The third-order valence-corrected chi connectivity index (χ3v) is 2.32. The number of nitrogens with two attached hydrogens (primary N) is 1. The number of thioether (sulfide) groups is 1. The topological polar surface area (TPSA) is 77.8 Å². The Labute approximate surface area is 96.8 Å². The zero-order chi connectivity index (χ0) is 11.4. The van der Waals surface area contributed by atoms with Gasteiger partial charge in [0, 0.05) is 0 Å². The number of furan rings is 1. The molecule has 6 heteroatoms. The van der Waals surface area contributed by atoms with Crippen LogP contribution in [0.3, 0.4) is 0 Å². The number of hydrogen-bond acceptors (Lipinski definition) is 6. The van der Waals surface area contributed by atoms with Crippen LogP contribution < -0.4 is 5.73 Å². The van der Waals surface area contributed by atoms with Crippen molar-refractivity contribution in [2.24, 2.45) is 0 Å². The van der Waals surface area contributed by atoms with Crippen LogP contribution in [0.4, 0.5) is 5.95 Å². The van der Waals surface area contributed by atoms with Crippen molar-refractivity contribution < 1.29 is 4.42 Å². The molecule has 2 aromatic heterocycles. The van der Waals surface area contributed by atoms with E-state index in [4.69, 9.17) is 10.2 Å². The zero-order valence-electron chi connectivity index (χ0n) is 8.62. The third-order valence-electron chi connectivity index (χ3n) is 1.77. The van der Waals surface area contributed by atoms with Gasteiger partial charge in [0.05, 0.1) is 6.26 Å². The fourth-order valence-corrected chi connectivity index (χ4v) is 1.47. The molecule has 0 atom stereocenters. The van der Waals surface area contributed by atoms with Gasteiger partial charge in [-0.1, -0.05) is 11.8 Å². The Balaban J connectivity index is 2.24. The van der Waals surface area contributed by atoms with Crippen molar-refractivity contribution in [3.63, 3.8) is 0 Å². The maximum atomic E-state index is 5.55. The average Bonchev–Trinajstić information content (AvgIpc) is 2.78. The molecule has 2 N–H and O–H groups in total. The van der Waals surface area contributed by atoms with Crippen molar-refractivity contribution >= 4 is 29.9 Å². The standard InChI is InChI=1S/C10H10N4OS/c1-16-10-13-8(12-9(11)14-10)5-4-7-3-2-6-15-7/h2-6H,1H3,(H2,11,12,13,14). The van der Waals surface area contributed by atoms with Crippen molar-refractivity contribution in [2.75, 3.05) is 12.0 Å². The molecule has 0 fully saturated rings. The molecule has 0 aliphatic rings. The lowest BCUT2D eigenvalue weighted by molar-refractivity contribution is 0.557. The van der Waals surface area contributed by atoms with Crippen LogP contribution in [0, 0.1) is 0 Å². The average molecular weight is 234 g/mol. The van der Waals surface area contributed by atoms with Crippen LogP contribution in [0.2, 0.25) is 0 Å². The highest BCUT2D eigenvalue weighted by atomic mass is 32.2. The summed E-state index contributed by atoms with van der Waals surface area (Å²) in [5, 5.41) is 0.603. The molecular formula is C10H10N4OS. The molecule has 0 aliphatic heterocycles. The highest BCUT2D eigenvalue weighted by Crippen LogP contribution is 2.11. The van der Waals surface area contributed by atoms with Gasteiger partial charge in [0.1, 0.15) is 5.76 Å². The van der Waals surface area contributed by atoms with E-state index in [9.17, 15) is 0 Å². The number of anilines is 1. The van der Waals surface area contributed by atoms with E-state index in [1.807, 2.05) is 18.4 Å². The molecule has 0 bridgehead atoms. The molecule has 0 amide bonds. The summed E-state index contributed by atoms with van der Waals surface area (Å²) in [5.74, 6) is 1.48. The van der Waals surface area contributed by atoms with E-state index in [0.717, 1.165) is 5.76 Å². The third kappa shape index (κ3) is 2.60. The zero-order valence-corrected chi connectivity index (χ0v) is 9.44. The van der Waals surface area contributed by atoms with Gasteiger partial charge >= 0.3 is 0 Å². The lowest BCUT2D eigenvalue weighted by Crippen LogP contribution is -2.00. The van der Waals surface area contributed by atoms with Crippen LogP contribution in [0.15, 0.2) is 28.0 Å². The summed E-state index contributed by atoms with van der Waals surface area (Å²) in [6.07, 6.45) is 7.00. The van der Waals surface area contributed by atoms with Crippen molar-refractivity contribution in [2.45, 2.75) is 5.16 Å². The molecule has 0 radical (unpaired) electrons. The van der Waals surface area contributed by atoms with E-state index in [1.165, 1.54) is 11.8 Å². The molecule has 2 heterocycles. The maximum Gasteiger partial charge on any atom is 0.224 e. The van der Waals surface area contributed by atoms with Crippen molar-refractivity contribution in [1.29, 1.82) is 0 Å². The lowest BCUT2D eigenvalue weighted by atomic mass is 10.4. The second-order valence-corrected chi connectivity index (χ2v) is 3.66. The molecule has 2 rings (SSSR count). The largest absolute Gasteiger partial charge is 0.465 e. The molecule has 2 aromatic rings. The molecule has 0 saturated carbocycles. The molecule has 0 saturated heterocycles. The minimum absolute atomic E-state index is 0.221. The number of hydrogen-bond donors (Lipinski definition) is 1. The normalized spacial score (nSPS) is 11.1. The van der Waals surface area contributed by atoms with Crippen LogP contribution in [0.5, 0.6) is 0 Å². The fraction of sp³-hybridized carbons (Fsp3) is 0.100. The SMILES string of the molecule is CSc1nc(N)nc(C=Cc2ccco2)n1. The van der Waals surface area contributed by atoms with Gasteiger partial charge in [-0.25, -0.2) is 4.98 Å². The summed E-state index contributed by atoms with van der Waals surface area (Å²) >= 11 is 1.42. The first-order valence-electron chi connectivity index (χ1n) is 4.55. The van der Waals surface area contributed by atoms with Gasteiger partial charge in [-0.05, 0) is 30.5 Å². The minimum atomic E-state index is 0.221. The number of nitrogen functional groups attached to an aromatic ring is 1. The Morgan fingerprint density at radius 1 is 1.31 bits per heavy atom. The molecule has 0 aliphatic carbocycles. The highest BCUT2D eigenvalue weighted by molar-refractivity contribution is 7.98. The van der Waals surface area contributed by atoms with E-state index in [0.29, 0.717) is 11.0 Å². The summed E-state index contributed by atoms with van der Waals surface area (Å²) in [6, 6.07) is 3.66. The lowest BCUT2D eigenvalue weighted by Gasteiger charge is -1.98. The summed E-state index contributed by atoms with van der Waals surface area (Å²) in [7, 11) is 0. The predicted molar refractivity (Wildman–Crippen MR) is 63.7 cm³/mol. The second kappa shape index (κ2) is 4.80. The Bertz CT molecular complexity index is 496. The fourth-order valence-electron chi connectivity index (χ4n) is 1.10. The van der Waals surface area contributed by atoms with Crippen molar-refractivity contribution in [1.82, 2.24) is 15.0 Å². The van der Waals surface area contributed by atoms with E-state index in [-0.39, 0.29) is 5.95 Å². The van der Waals surface area contributed by atoms with Gasteiger partial charge in [0.15, 0.2) is 11.0 Å². The number of aromatic nitrogens is 3. The van der Waals surface area contributed by atoms with Gasteiger partial charge in [-0.3, -0.25) is 0 Å². The Morgan fingerprint density at radius 2 is 2.19 bits per heavy atom. The summed E-state index contributed by atoms with van der Waals surface area (Å²) in [5.41, 5.74) is 5.55. The van der Waals surface area contributed by atoms with Crippen LogP contribution >= 0.6 is 11.8 Å². The van der Waals surface area contributed by atoms with Crippen LogP contribution in [-0.4, -0.2) is 21.2 Å². The Kier molecular flexibility index (Phi) is 3.21. The van der Waals surface area contributed by atoms with Gasteiger partial charge in [-0.2, -0.15) is 9.97 Å². The van der Waals surface area contributed by atoms with Gasteiger partial charge < -0.3 is 10.2 Å². The monoisotopic (exact) mass is 234 g/mol. The van der Waals surface area contributed by atoms with Crippen LogP contribution in [0.25, 0.3) is 12.2 Å². The molecule has 0 aromatic carbocycles. The molecule has 0 spiro atoms. The quantitative estimate of drug-likeness (QED) is 0.818. The molecular weight excluding hydrogens is 224 g/mol. The van der Waals surface area contributed by atoms with E-state index in [1.54, 1.807) is 18.4 Å². The van der Waals surface area contributed by atoms with E-state index >= 15 is 0 Å². The first kappa shape index (κ1) is 10.7. The van der Waals surface area contributed by atoms with Gasteiger partial charge in [0.2, 0.25) is 5.95 Å². The Hall–Kier alpha value is -1.82. The van der Waals surface area contributed by atoms with Crippen molar-refractivity contribution in [3.05, 3.63) is 30.0 Å². The smallest absolute Gasteiger partial charge is 0.224 e. The second-order valence-electron chi connectivity index (χ2n) is 2.89. The van der Waals surface area contributed by atoms with E-state index in [2.05, 4.69) is 15.0 Å². The minimum Gasteiger partial charge on any atom is -0.465 e.